The second-order valence-corrected chi connectivity index (χ2v) is 7.22. The fourth-order valence-corrected chi connectivity index (χ4v) is 3.45. The summed E-state index contributed by atoms with van der Waals surface area (Å²) in [6, 6.07) is 12.0. The molecule has 0 saturated carbocycles. The average Bonchev–Trinajstić information content (AvgIpc) is 2.84. The van der Waals surface area contributed by atoms with E-state index in [9.17, 15) is 18.0 Å². The number of ether oxygens (including phenoxy) is 2. The second-order valence-electron chi connectivity index (χ2n) is 7.22. The highest BCUT2D eigenvalue weighted by Gasteiger charge is 2.41. The molecule has 144 valence electrons. The SMILES string of the molecule is CC1(C)Cc2cc(-c3ccc(OC(F)C(F)F)cc3)ccc2C1OC(N)=O. The predicted octanol–water partition coefficient (Wildman–Crippen LogP) is 5.01. The van der Waals surface area contributed by atoms with Gasteiger partial charge in [-0.1, -0.05) is 44.2 Å². The predicted molar refractivity (Wildman–Crippen MR) is 94.3 cm³/mol. The molecule has 4 nitrogen and oxygen atoms in total. The molecule has 1 amide bonds. The Morgan fingerprint density at radius 1 is 1.11 bits per heavy atom. The number of benzene rings is 2. The summed E-state index contributed by atoms with van der Waals surface area (Å²) in [4.78, 5) is 11.2. The smallest absolute Gasteiger partial charge is 0.405 e. The number of fused-ring (bicyclic) bond motifs is 1. The summed E-state index contributed by atoms with van der Waals surface area (Å²) < 4.78 is 47.2. The first-order valence-corrected chi connectivity index (χ1v) is 8.45. The van der Waals surface area contributed by atoms with Crippen molar-refractivity contribution in [1.82, 2.24) is 0 Å². The zero-order valence-electron chi connectivity index (χ0n) is 14.9. The van der Waals surface area contributed by atoms with Crippen LogP contribution in [0.3, 0.4) is 0 Å². The van der Waals surface area contributed by atoms with Gasteiger partial charge in [-0.15, -0.1) is 0 Å². The van der Waals surface area contributed by atoms with Gasteiger partial charge in [-0.3, -0.25) is 0 Å². The number of hydrogen-bond donors (Lipinski definition) is 1. The van der Waals surface area contributed by atoms with Crippen molar-refractivity contribution in [3.63, 3.8) is 0 Å². The molecule has 0 radical (unpaired) electrons. The molecule has 2 atom stereocenters. The van der Waals surface area contributed by atoms with Crippen LogP contribution in [0.1, 0.15) is 31.1 Å². The minimum absolute atomic E-state index is 0.0313. The molecule has 2 aromatic carbocycles. The van der Waals surface area contributed by atoms with Crippen molar-refractivity contribution in [2.75, 3.05) is 0 Å². The van der Waals surface area contributed by atoms with Crippen molar-refractivity contribution in [2.24, 2.45) is 11.1 Å². The van der Waals surface area contributed by atoms with Crippen LogP contribution in [0.5, 0.6) is 5.75 Å². The topological polar surface area (TPSA) is 61.6 Å². The molecule has 2 aromatic rings. The third-order valence-electron chi connectivity index (χ3n) is 4.65. The maximum absolute atomic E-state index is 13.0. The van der Waals surface area contributed by atoms with Gasteiger partial charge in [0.05, 0.1) is 0 Å². The lowest BCUT2D eigenvalue weighted by atomic mass is 9.87. The lowest BCUT2D eigenvalue weighted by molar-refractivity contribution is -0.0668. The number of rotatable bonds is 5. The molecule has 27 heavy (non-hydrogen) atoms. The lowest BCUT2D eigenvalue weighted by Gasteiger charge is -2.26. The van der Waals surface area contributed by atoms with Crippen molar-refractivity contribution in [1.29, 1.82) is 0 Å². The Kier molecular flexibility index (Phi) is 5.04. The molecule has 1 aliphatic carbocycles. The highest BCUT2D eigenvalue weighted by molar-refractivity contribution is 5.68. The van der Waals surface area contributed by atoms with Gasteiger partial charge in [0.15, 0.2) is 0 Å². The molecule has 0 spiro atoms. The monoisotopic (exact) mass is 379 g/mol. The first-order valence-electron chi connectivity index (χ1n) is 8.45. The highest BCUT2D eigenvalue weighted by atomic mass is 19.3. The Balaban J connectivity index is 1.83. The fourth-order valence-electron chi connectivity index (χ4n) is 3.45. The van der Waals surface area contributed by atoms with Crippen LogP contribution in [0.15, 0.2) is 42.5 Å². The second kappa shape index (κ2) is 7.13. The van der Waals surface area contributed by atoms with E-state index in [1.165, 1.54) is 12.1 Å². The van der Waals surface area contributed by atoms with Crippen molar-refractivity contribution < 1.29 is 27.4 Å². The molecular formula is C20H20F3NO3. The van der Waals surface area contributed by atoms with E-state index in [0.29, 0.717) is 6.42 Å². The van der Waals surface area contributed by atoms with Crippen molar-refractivity contribution in [3.8, 4) is 16.9 Å². The third-order valence-corrected chi connectivity index (χ3v) is 4.65. The number of halogens is 3. The van der Waals surface area contributed by atoms with Gasteiger partial charge >= 0.3 is 12.5 Å². The molecule has 0 aromatic heterocycles. The van der Waals surface area contributed by atoms with E-state index in [4.69, 9.17) is 10.5 Å². The Bertz CT molecular complexity index is 837. The summed E-state index contributed by atoms with van der Waals surface area (Å²) in [6.45, 7) is 4.01. The van der Waals surface area contributed by atoms with Gasteiger partial charge in [0, 0.05) is 5.41 Å². The molecule has 2 unspecified atom stereocenters. The minimum atomic E-state index is -3.19. The van der Waals surface area contributed by atoms with Crippen LogP contribution in [-0.2, 0) is 11.2 Å². The molecule has 0 heterocycles. The van der Waals surface area contributed by atoms with E-state index in [-0.39, 0.29) is 11.2 Å². The molecule has 0 saturated heterocycles. The average molecular weight is 379 g/mol. The van der Waals surface area contributed by atoms with Gasteiger partial charge in [-0.25, -0.2) is 13.6 Å². The van der Waals surface area contributed by atoms with E-state index in [2.05, 4.69) is 4.74 Å². The van der Waals surface area contributed by atoms with Crippen molar-refractivity contribution in [2.45, 2.75) is 39.2 Å². The number of hydrogen-bond acceptors (Lipinski definition) is 3. The zero-order valence-corrected chi connectivity index (χ0v) is 14.9. The molecular weight excluding hydrogens is 359 g/mol. The van der Waals surface area contributed by atoms with Gasteiger partial charge in [-0.2, -0.15) is 4.39 Å². The van der Waals surface area contributed by atoms with Crippen LogP contribution in [0.2, 0.25) is 0 Å². The first kappa shape index (κ1) is 19.1. The summed E-state index contributed by atoms with van der Waals surface area (Å²) in [7, 11) is 0. The number of carbonyl (C=O) groups excluding carboxylic acids is 1. The molecule has 3 rings (SSSR count). The van der Waals surface area contributed by atoms with Gasteiger partial charge in [-0.05, 0) is 40.8 Å². The summed E-state index contributed by atoms with van der Waals surface area (Å²) in [5, 5.41) is 0. The Morgan fingerprint density at radius 2 is 1.74 bits per heavy atom. The van der Waals surface area contributed by atoms with Gasteiger partial charge < -0.3 is 15.2 Å². The van der Waals surface area contributed by atoms with E-state index >= 15 is 0 Å². The van der Waals surface area contributed by atoms with Crippen LogP contribution < -0.4 is 10.5 Å². The highest BCUT2D eigenvalue weighted by Crippen LogP contribution is 2.48. The minimum Gasteiger partial charge on any atom is -0.454 e. The quantitative estimate of drug-likeness (QED) is 0.794. The Hall–Kier alpha value is -2.70. The molecule has 0 aliphatic heterocycles. The van der Waals surface area contributed by atoms with Gasteiger partial charge in [0.2, 0.25) is 0 Å². The van der Waals surface area contributed by atoms with E-state index in [0.717, 1.165) is 22.3 Å². The van der Waals surface area contributed by atoms with Crippen LogP contribution in [0.25, 0.3) is 11.1 Å². The largest absolute Gasteiger partial charge is 0.454 e. The maximum Gasteiger partial charge on any atom is 0.405 e. The van der Waals surface area contributed by atoms with Crippen LogP contribution in [0.4, 0.5) is 18.0 Å². The number of nitrogens with two attached hydrogens (primary N) is 1. The number of amides is 1. The van der Waals surface area contributed by atoms with Crippen molar-refractivity contribution in [3.05, 3.63) is 53.6 Å². The Morgan fingerprint density at radius 3 is 2.33 bits per heavy atom. The molecule has 0 bridgehead atoms. The normalized spacial score (nSPS) is 18.8. The summed E-state index contributed by atoms with van der Waals surface area (Å²) in [5.74, 6) is 0.0313. The molecule has 7 heteroatoms. The molecule has 2 N–H and O–H groups in total. The number of alkyl halides is 3. The first-order chi connectivity index (χ1) is 12.7. The number of primary amides is 1. The Labute approximate surface area is 155 Å². The number of carbonyl (C=O) groups is 1. The zero-order chi connectivity index (χ0) is 19.8. The van der Waals surface area contributed by atoms with Gasteiger partial charge in [0.25, 0.3) is 6.36 Å². The fraction of sp³-hybridized carbons (Fsp3) is 0.350. The molecule has 0 fully saturated rings. The van der Waals surface area contributed by atoms with E-state index < -0.39 is 25.0 Å². The molecule has 1 aliphatic rings. The standard InChI is InChI=1S/C20H20F3NO3/c1-20(2)10-13-9-12(5-8-15(13)16(20)27-19(24)25)11-3-6-14(7-4-11)26-18(23)17(21)22/h3-9,16-18H,10H2,1-2H3,(H2,24,25). The summed E-state index contributed by atoms with van der Waals surface area (Å²) >= 11 is 0. The summed E-state index contributed by atoms with van der Waals surface area (Å²) in [5.41, 5.74) is 8.61. The van der Waals surface area contributed by atoms with Crippen molar-refractivity contribution >= 4 is 6.09 Å². The lowest BCUT2D eigenvalue weighted by Crippen LogP contribution is -2.25. The summed E-state index contributed by atoms with van der Waals surface area (Å²) in [6.07, 6.45) is -6.35. The third kappa shape index (κ3) is 4.02. The van der Waals surface area contributed by atoms with Crippen LogP contribution in [0, 0.1) is 5.41 Å². The van der Waals surface area contributed by atoms with Crippen LogP contribution in [-0.4, -0.2) is 18.9 Å². The maximum atomic E-state index is 13.0. The van der Waals surface area contributed by atoms with E-state index in [1.807, 2.05) is 32.0 Å². The van der Waals surface area contributed by atoms with E-state index in [1.54, 1.807) is 12.1 Å². The van der Waals surface area contributed by atoms with Gasteiger partial charge in [0.1, 0.15) is 11.9 Å². The van der Waals surface area contributed by atoms with Crippen LogP contribution >= 0.6 is 0 Å².